The van der Waals surface area contributed by atoms with Gasteiger partial charge in [-0.3, -0.25) is 0 Å². The summed E-state index contributed by atoms with van der Waals surface area (Å²) in [6.07, 6.45) is 0.824. The second-order valence-electron chi connectivity index (χ2n) is 4.17. The van der Waals surface area contributed by atoms with E-state index in [4.69, 9.17) is 5.26 Å². The maximum atomic E-state index is 8.79. The number of benzene rings is 1. The number of hydrogen-bond donors (Lipinski definition) is 1. The molecule has 0 aliphatic rings. The Morgan fingerprint density at radius 3 is 2.78 bits per heavy atom. The smallest absolute Gasteiger partial charge is 0.167 e. The first-order chi connectivity index (χ1) is 8.69. The van der Waals surface area contributed by atoms with Gasteiger partial charge in [-0.1, -0.05) is 42.1 Å². The zero-order valence-corrected chi connectivity index (χ0v) is 11.3. The normalized spacial score (nSPS) is 12.1. The molecule has 0 fully saturated rings. The molecule has 0 amide bonds. The Kier molecular flexibility index (Phi) is 4.06. The molecule has 0 aliphatic carbocycles. The van der Waals surface area contributed by atoms with Crippen LogP contribution in [0.25, 0.3) is 0 Å². The maximum absolute atomic E-state index is 8.79. The van der Waals surface area contributed by atoms with Crippen molar-refractivity contribution in [3.8, 4) is 6.07 Å². The molecule has 18 heavy (non-hydrogen) atoms. The number of aromatic nitrogens is 2. The Bertz CT molecular complexity index is 554. The van der Waals surface area contributed by atoms with Gasteiger partial charge in [-0.15, -0.1) is 0 Å². The largest absolute Gasteiger partial charge is 0.337 e. The summed E-state index contributed by atoms with van der Waals surface area (Å²) in [4.78, 5) is 7.78. The zero-order chi connectivity index (χ0) is 13.0. The molecule has 0 bridgehead atoms. The van der Waals surface area contributed by atoms with Crippen molar-refractivity contribution in [2.75, 3.05) is 0 Å². The molecule has 1 atom stereocenters. The highest BCUT2D eigenvalue weighted by atomic mass is 32.2. The highest BCUT2D eigenvalue weighted by Crippen LogP contribution is 2.22. The van der Waals surface area contributed by atoms with Crippen LogP contribution in [0.2, 0.25) is 0 Å². The van der Waals surface area contributed by atoms with Crippen LogP contribution in [0.4, 0.5) is 0 Å². The van der Waals surface area contributed by atoms with Crippen molar-refractivity contribution in [3.63, 3.8) is 0 Å². The van der Waals surface area contributed by atoms with E-state index < -0.39 is 0 Å². The van der Waals surface area contributed by atoms with E-state index in [0.717, 1.165) is 23.0 Å². The Labute approximate surface area is 111 Å². The topological polar surface area (TPSA) is 52.5 Å². The van der Waals surface area contributed by atoms with E-state index >= 15 is 0 Å². The lowest BCUT2D eigenvalue weighted by molar-refractivity contribution is 1.01. The van der Waals surface area contributed by atoms with Gasteiger partial charge in [0.2, 0.25) is 0 Å². The summed E-state index contributed by atoms with van der Waals surface area (Å²) in [5, 5.41) is 9.54. The van der Waals surface area contributed by atoms with Crippen LogP contribution in [0.1, 0.15) is 23.9 Å². The summed E-state index contributed by atoms with van der Waals surface area (Å²) in [6, 6.07) is 12.5. The molecule has 1 aromatic carbocycles. The number of thioether (sulfide) groups is 1. The number of aryl methyl sites for hydroxylation is 1. The monoisotopic (exact) mass is 257 g/mol. The Balaban J connectivity index is 2.13. The van der Waals surface area contributed by atoms with Crippen LogP contribution in [-0.4, -0.2) is 15.2 Å². The number of rotatable bonds is 4. The SMILES string of the molecule is Cc1[nH]c(S[C@H](C)C#N)nc1Cc1ccccc1. The lowest BCUT2D eigenvalue weighted by Gasteiger charge is -1.98. The highest BCUT2D eigenvalue weighted by Gasteiger charge is 2.10. The van der Waals surface area contributed by atoms with E-state index in [1.165, 1.54) is 17.3 Å². The van der Waals surface area contributed by atoms with Gasteiger partial charge in [0.15, 0.2) is 5.16 Å². The van der Waals surface area contributed by atoms with Crippen molar-refractivity contribution >= 4 is 11.8 Å². The predicted octanol–water partition coefficient (Wildman–Crippen LogP) is 3.31. The molecule has 1 N–H and O–H groups in total. The van der Waals surface area contributed by atoms with Crippen molar-refractivity contribution in [2.24, 2.45) is 0 Å². The molecule has 0 saturated heterocycles. The first-order valence-corrected chi connectivity index (χ1v) is 6.72. The van der Waals surface area contributed by atoms with E-state index in [1.54, 1.807) is 0 Å². The summed E-state index contributed by atoms with van der Waals surface area (Å²) in [6.45, 7) is 3.89. The molecule has 92 valence electrons. The maximum Gasteiger partial charge on any atom is 0.167 e. The number of hydrogen-bond acceptors (Lipinski definition) is 3. The second kappa shape index (κ2) is 5.74. The average Bonchev–Trinajstić information content (AvgIpc) is 2.71. The van der Waals surface area contributed by atoms with Gasteiger partial charge in [0.05, 0.1) is 17.0 Å². The summed E-state index contributed by atoms with van der Waals surface area (Å²) < 4.78 is 0. The fraction of sp³-hybridized carbons (Fsp3) is 0.286. The second-order valence-corrected chi connectivity index (χ2v) is 5.49. The van der Waals surface area contributed by atoms with Crippen molar-refractivity contribution in [1.29, 1.82) is 5.26 Å². The number of imidazole rings is 1. The minimum absolute atomic E-state index is 0.0832. The van der Waals surface area contributed by atoms with Crippen LogP contribution in [0.5, 0.6) is 0 Å². The molecular formula is C14H15N3S. The van der Waals surface area contributed by atoms with Gasteiger partial charge in [-0.2, -0.15) is 5.26 Å². The quantitative estimate of drug-likeness (QED) is 0.855. The molecular weight excluding hydrogens is 242 g/mol. The molecule has 0 aliphatic heterocycles. The molecule has 0 saturated carbocycles. The van der Waals surface area contributed by atoms with E-state index in [0.29, 0.717) is 0 Å². The summed E-state index contributed by atoms with van der Waals surface area (Å²) in [5.41, 5.74) is 3.37. The molecule has 0 spiro atoms. The van der Waals surface area contributed by atoms with E-state index in [1.807, 2.05) is 32.0 Å². The predicted molar refractivity (Wildman–Crippen MR) is 73.5 cm³/mol. The molecule has 1 heterocycles. The summed E-state index contributed by atoms with van der Waals surface area (Å²) in [5.74, 6) is 0. The summed E-state index contributed by atoms with van der Waals surface area (Å²) >= 11 is 1.46. The molecule has 2 aromatic rings. The third kappa shape index (κ3) is 3.14. The lowest BCUT2D eigenvalue weighted by Crippen LogP contribution is -1.92. The number of nitrogens with one attached hydrogen (secondary N) is 1. The molecule has 3 nitrogen and oxygen atoms in total. The zero-order valence-electron chi connectivity index (χ0n) is 10.5. The van der Waals surface area contributed by atoms with Gasteiger partial charge in [-0.25, -0.2) is 4.98 Å². The molecule has 0 unspecified atom stereocenters. The minimum atomic E-state index is -0.0832. The third-order valence-corrected chi connectivity index (χ3v) is 3.52. The standard InChI is InChI=1S/C14H15N3S/c1-10(9-15)18-14-16-11(2)13(17-14)8-12-6-4-3-5-7-12/h3-7,10H,8H2,1-2H3,(H,16,17)/t10-/m1/s1. The fourth-order valence-corrected chi connectivity index (χ4v) is 2.44. The van der Waals surface area contributed by atoms with Crippen molar-refractivity contribution in [3.05, 3.63) is 47.3 Å². The lowest BCUT2D eigenvalue weighted by atomic mass is 10.1. The average molecular weight is 257 g/mol. The van der Waals surface area contributed by atoms with Crippen LogP contribution in [0, 0.1) is 18.3 Å². The van der Waals surface area contributed by atoms with Gasteiger partial charge in [0.1, 0.15) is 0 Å². The van der Waals surface area contributed by atoms with E-state index in [9.17, 15) is 0 Å². The van der Waals surface area contributed by atoms with Crippen molar-refractivity contribution < 1.29 is 0 Å². The van der Waals surface area contributed by atoms with Crippen molar-refractivity contribution in [1.82, 2.24) is 9.97 Å². The number of aromatic amines is 1. The summed E-state index contributed by atoms with van der Waals surface area (Å²) in [7, 11) is 0. The van der Waals surface area contributed by atoms with Gasteiger partial charge in [0, 0.05) is 12.1 Å². The number of nitrogens with zero attached hydrogens (tertiary/aromatic N) is 2. The Morgan fingerprint density at radius 2 is 2.11 bits per heavy atom. The molecule has 0 radical (unpaired) electrons. The number of H-pyrrole nitrogens is 1. The van der Waals surface area contributed by atoms with Crippen LogP contribution >= 0.6 is 11.8 Å². The van der Waals surface area contributed by atoms with E-state index in [2.05, 4.69) is 28.2 Å². The van der Waals surface area contributed by atoms with E-state index in [-0.39, 0.29) is 5.25 Å². The Morgan fingerprint density at radius 1 is 1.39 bits per heavy atom. The molecule has 4 heteroatoms. The van der Waals surface area contributed by atoms with Crippen LogP contribution in [-0.2, 0) is 6.42 Å². The van der Waals surface area contributed by atoms with Crippen molar-refractivity contribution in [2.45, 2.75) is 30.7 Å². The highest BCUT2D eigenvalue weighted by molar-refractivity contribution is 8.00. The Hall–Kier alpha value is -1.73. The minimum Gasteiger partial charge on any atom is -0.337 e. The van der Waals surface area contributed by atoms with Crippen LogP contribution in [0.3, 0.4) is 0 Å². The van der Waals surface area contributed by atoms with Crippen LogP contribution in [0.15, 0.2) is 35.5 Å². The first kappa shape index (κ1) is 12.7. The van der Waals surface area contributed by atoms with Crippen LogP contribution < -0.4 is 0 Å². The van der Waals surface area contributed by atoms with Gasteiger partial charge >= 0.3 is 0 Å². The van der Waals surface area contributed by atoms with Gasteiger partial charge in [0.25, 0.3) is 0 Å². The molecule has 2 rings (SSSR count). The fourth-order valence-electron chi connectivity index (χ4n) is 1.68. The number of nitriles is 1. The van der Waals surface area contributed by atoms with Gasteiger partial charge < -0.3 is 4.98 Å². The third-order valence-electron chi connectivity index (χ3n) is 2.65. The first-order valence-electron chi connectivity index (χ1n) is 5.84. The van der Waals surface area contributed by atoms with Gasteiger partial charge in [-0.05, 0) is 19.4 Å². The molecule has 1 aromatic heterocycles.